The number of aliphatic hydroxyl groups excluding tert-OH is 1. The largest absolute Gasteiger partial charge is 0.510 e. The first kappa shape index (κ1) is 30.2. The van der Waals surface area contributed by atoms with Gasteiger partial charge in [-0.15, -0.1) is 0 Å². The van der Waals surface area contributed by atoms with E-state index in [2.05, 4.69) is 32.7 Å². The normalized spacial score (nSPS) is 25.3. The number of esters is 2. The Bertz CT molecular complexity index is 1830. The Morgan fingerprint density at radius 2 is 1.71 bits per heavy atom. The summed E-state index contributed by atoms with van der Waals surface area (Å²) >= 11 is 0. The number of rotatable bonds is 6. The highest BCUT2D eigenvalue weighted by Gasteiger charge is 2.49. The Balaban J connectivity index is 1.66. The fraction of sp³-hybridized carbons (Fsp3) is 0.361. The van der Waals surface area contributed by atoms with Crippen LogP contribution in [0.25, 0.3) is 0 Å². The standard InChI is InChI=1S/C36H38N4O5/c1-9-20-16(3)23-13-25-18(5)22(11-12-29(41)44-7)33(39-25)31-32(36(43)45-8)35(42)30-19(6)26(40-34(30)31)15-28-21(10-2)17(4)24(38-28)14-27(20)37-23/h9,13-15,18,22,32,39,42H,1,10-12H2,2-8H3. The minimum absolute atomic E-state index is 0.0802. The van der Waals surface area contributed by atoms with E-state index in [1.807, 2.05) is 38.2 Å². The predicted octanol–water partition coefficient (Wildman–Crippen LogP) is 6.20. The number of aliphatic hydroxyl groups is 1. The highest BCUT2D eigenvalue weighted by Crippen LogP contribution is 2.49. The number of nitrogens with one attached hydrogen (secondary N) is 1. The first-order valence-corrected chi connectivity index (χ1v) is 15.3. The predicted molar refractivity (Wildman–Crippen MR) is 174 cm³/mol. The van der Waals surface area contributed by atoms with Gasteiger partial charge in [-0.3, -0.25) is 9.59 Å². The SMILES string of the molecule is C=CC1=C(C)C2=NC1=CC1=NC(=CC3=C(C)C4=C(O)C(C(=O)OC)C(=C5NC(=C2)C(C)C5CCC(=O)OC)C4=N3)C(CC)=C1C. The molecule has 2 N–H and O–H groups in total. The van der Waals surface area contributed by atoms with E-state index in [4.69, 9.17) is 24.5 Å². The van der Waals surface area contributed by atoms with Crippen molar-refractivity contribution in [1.29, 1.82) is 0 Å². The van der Waals surface area contributed by atoms with Crippen LogP contribution >= 0.6 is 0 Å². The van der Waals surface area contributed by atoms with Gasteiger partial charge in [-0.1, -0.05) is 26.5 Å². The monoisotopic (exact) mass is 606 g/mol. The van der Waals surface area contributed by atoms with Gasteiger partial charge >= 0.3 is 11.9 Å². The van der Waals surface area contributed by atoms with Gasteiger partial charge in [-0.2, -0.15) is 0 Å². The molecule has 232 valence electrons. The van der Waals surface area contributed by atoms with E-state index in [1.165, 1.54) is 14.2 Å². The van der Waals surface area contributed by atoms with Gasteiger partial charge in [0.05, 0.1) is 48.4 Å². The van der Waals surface area contributed by atoms with Crippen LogP contribution in [0.1, 0.15) is 53.9 Å². The minimum Gasteiger partial charge on any atom is -0.510 e. The molecule has 0 aromatic carbocycles. The summed E-state index contributed by atoms with van der Waals surface area (Å²) in [5, 5.41) is 15.2. The highest BCUT2D eigenvalue weighted by atomic mass is 16.5. The third-order valence-corrected chi connectivity index (χ3v) is 9.75. The van der Waals surface area contributed by atoms with Crippen LogP contribution in [-0.2, 0) is 19.1 Å². The maximum atomic E-state index is 13.3. The van der Waals surface area contributed by atoms with Crippen molar-refractivity contribution in [2.24, 2.45) is 32.7 Å². The van der Waals surface area contributed by atoms with Crippen molar-refractivity contribution in [3.8, 4) is 0 Å². The number of aliphatic imine (C=N–C) groups is 3. The molecule has 9 nitrogen and oxygen atoms in total. The lowest BCUT2D eigenvalue weighted by atomic mass is 9.84. The molecular formula is C36H38N4O5. The average molecular weight is 607 g/mol. The first-order valence-electron chi connectivity index (χ1n) is 15.3. The molecule has 0 aromatic heterocycles. The lowest BCUT2D eigenvalue weighted by molar-refractivity contribution is -0.143. The lowest BCUT2D eigenvalue weighted by Crippen LogP contribution is -2.25. The van der Waals surface area contributed by atoms with E-state index in [-0.39, 0.29) is 30.0 Å². The minimum atomic E-state index is -1.06. The number of hydrogen-bond acceptors (Lipinski definition) is 9. The van der Waals surface area contributed by atoms with E-state index in [9.17, 15) is 14.7 Å². The van der Waals surface area contributed by atoms with Gasteiger partial charge in [0.25, 0.3) is 0 Å². The second-order valence-corrected chi connectivity index (χ2v) is 12.0. The molecule has 5 heterocycles. The molecule has 9 heteroatoms. The molecular weight excluding hydrogens is 568 g/mol. The van der Waals surface area contributed by atoms with Gasteiger partial charge < -0.3 is 19.9 Å². The number of methoxy groups -OCH3 is 2. The van der Waals surface area contributed by atoms with E-state index >= 15 is 0 Å². The number of hydrogen-bond donors (Lipinski definition) is 2. The van der Waals surface area contributed by atoms with Crippen LogP contribution in [0.15, 0.2) is 119 Å². The molecule has 5 aliphatic heterocycles. The Kier molecular flexibility index (Phi) is 7.59. The maximum absolute atomic E-state index is 13.3. The number of ether oxygens (including phenoxy) is 2. The van der Waals surface area contributed by atoms with Crippen LogP contribution < -0.4 is 5.32 Å². The van der Waals surface area contributed by atoms with Crippen LogP contribution in [0.5, 0.6) is 0 Å². The second-order valence-electron chi connectivity index (χ2n) is 12.0. The topological polar surface area (TPSA) is 122 Å². The third-order valence-electron chi connectivity index (χ3n) is 9.75. The molecule has 1 saturated heterocycles. The molecule has 1 aliphatic carbocycles. The van der Waals surface area contributed by atoms with E-state index < -0.39 is 11.9 Å². The summed E-state index contributed by atoms with van der Waals surface area (Å²) in [6.45, 7) is 14.3. The van der Waals surface area contributed by atoms with Crippen molar-refractivity contribution in [2.75, 3.05) is 14.2 Å². The molecule has 0 amide bonds. The summed E-state index contributed by atoms with van der Waals surface area (Å²) in [5.41, 5.74) is 12.0. The summed E-state index contributed by atoms with van der Waals surface area (Å²) in [4.78, 5) is 40.7. The Hall–Kier alpha value is -4.79. The second kappa shape index (κ2) is 11.3. The van der Waals surface area contributed by atoms with Crippen LogP contribution in [0, 0.1) is 17.8 Å². The molecule has 0 saturated carbocycles. The molecule has 6 aliphatic rings. The summed E-state index contributed by atoms with van der Waals surface area (Å²) in [6, 6.07) is 0. The maximum Gasteiger partial charge on any atom is 0.321 e. The van der Waals surface area contributed by atoms with Crippen molar-refractivity contribution in [3.05, 3.63) is 104 Å². The molecule has 8 bridgehead atoms. The average Bonchev–Trinajstić information content (AvgIpc) is 3.76. The number of nitrogens with zero attached hydrogens (tertiary/aromatic N) is 3. The highest BCUT2D eigenvalue weighted by molar-refractivity contribution is 6.24. The molecule has 0 spiro atoms. The van der Waals surface area contributed by atoms with Crippen molar-refractivity contribution in [1.82, 2.24) is 5.32 Å². The fourth-order valence-electron chi connectivity index (χ4n) is 7.15. The fourth-order valence-corrected chi connectivity index (χ4v) is 7.15. The van der Waals surface area contributed by atoms with Crippen molar-refractivity contribution in [2.45, 2.75) is 53.9 Å². The van der Waals surface area contributed by atoms with Gasteiger partial charge in [-0.05, 0) is 74.1 Å². The van der Waals surface area contributed by atoms with Crippen LogP contribution in [0.2, 0.25) is 0 Å². The summed E-state index contributed by atoms with van der Waals surface area (Å²) < 4.78 is 10.2. The molecule has 3 atom stereocenters. The zero-order valence-electron chi connectivity index (χ0n) is 26.8. The van der Waals surface area contributed by atoms with Gasteiger partial charge in [-0.25, -0.2) is 15.0 Å². The van der Waals surface area contributed by atoms with Gasteiger partial charge in [0.1, 0.15) is 11.7 Å². The molecule has 6 rings (SSSR count). The number of carbonyl (C=O) groups excluding carboxylic acids is 2. The molecule has 3 unspecified atom stereocenters. The Morgan fingerprint density at radius 1 is 1.00 bits per heavy atom. The zero-order chi connectivity index (χ0) is 32.3. The van der Waals surface area contributed by atoms with Crippen LogP contribution in [0.4, 0.5) is 0 Å². The van der Waals surface area contributed by atoms with Gasteiger partial charge in [0, 0.05) is 46.4 Å². The summed E-state index contributed by atoms with van der Waals surface area (Å²) in [7, 11) is 2.69. The molecule has 45 heavy (non-hydrogen) atoms. The van der Waals surface area contributed by atoms with Gasteiger partial charge in [0.2, 0.25) is 0 Å². The van der Waals surface area contributed by atoms with E-state index in [1.54, 1.807) is 0 Å². The van der Waals surface area contributed by atoms with Crippen molar-refractivity contribution < 1.29 is 24.2 Å². The summed E-state index contributed by atoms with van der Waals surface area (Å²) in [6.07, 6.45) is 9.25. The van der Waals surface area contributed by atoms with Crippen LogP contribution in [-0.4, -0.2) is 48.4 Å². The third kappa shape index (κ3) is 4.64. The zero-order valence-corrected chi connectivity index (χ0v) is 26.8. The van der Waals surface area contributed by atoms with Crippen molar-refractivity contribution >= 4 is 29.1 Å². The Labute approximate surface area is 263 Å². The summed E-state index contributed by atoms with van der Waals surface area (Å²) in [5.74, 6) is -2.33. The van der Waals surface area contributed by atoms with E-state index in [0.717, 1.165) is 68.5 Å². The smallest absolute Gasteiger partial charge is 0.321 e. The Morgan fingerprint density at radius 3 is 2.38 bits per heavy atom. The first-order chi connectivity index (χ1) is 21.5. The van der Waals surface area contributed by atoms with Gasteiger partial charge in [0.15, 0.2) is 0 Å². The number of fused-ring (bicyclic) bond motifs is 5. The molecule has 0 radical (unpaired) electrons. The molecule has 1 fully saturated rings. The molecule has 0 aromatic rings. The van der Waals surface area contributed by atoms with Crippen molar-refractivity contribution in [3.63, 3.8) is 0 Å². The van der Waals surface area contributed by atoms with E-state index in [0.29, 0.717) is 29.0 Å². The lowest BCUT2D eigenvalue weighted by Gasteiger charge is -2.20. The quantitative estimate of drug-likeness (QED) is 0.348. The number of carbonyl (C=O) groups is 2. The van der Waals surface area contributed by atoms with Crippen LogP contribution in [0.3, 0.4) is 0 Å². The number of allylic oxidation sites excluding steroid dienone is 11.